The first-order valence-electron chi connectivity index (χ1n) is 5.52. The van der Waals surface area contributed by atoms with E-state index in [-0.39, 0.29) is 11.5 Å². The summed E-state index contributed by atoms with van der Waals surface area (Å²) in [5, 5.41) is 0. The molecule has 5 nitrogen and oxygen atoms in total. The molecule has 0 aliphatic carbocycles. The average molecular weight is 260 g/mol. The van der Waals surface area contributed by atoms with Crippen molar-refractivity contribution in [3.05, 3.63) is 47.7 Å². The van der Waals surface area contributed by atoms with Crippen molar-refractivity contribution in [2.24, 2.45) is 0 Å². The molecule has 0 saturated carbocycles. The van der Waals surface area contributed by atoms with E-state index in [1.165, 1.54) is 13.2 Å². The number of methoxy groups -OCH3 is 2. The lowest BCUT2D eigenvalue weighted by Crippen LogP contribution is -2.01. The van der Waals surface area contributed by atoms with Crippen molar-refractivity contribution in [2.45, 2.75) is 0 Å². The van der Waals surface area contributed by atoms with Crippen LogP contribution in [0.3, 0.4) is 0 Å². The fraction of sp³-hybridized carbons (Fsp3) is 0.143. The van der Waals surface area contributed by atoms with E-state index in [0.717, 1.165) is 11.6 Å². The summed E-state index contributed by atoms with van der Waals surface area (Å²) >= 11 is 0. The van der Waals surface area contributed by atoms with Crippen molar-refractivity contribution in [3.8, 4) is 5.75 Å². The summed E-state index contributed by atoms with van der Waals surface area (Å²) in [6, 6.07) is 7.04. The molecule has 0 saturated heterocycles. The van der Waals surface area contributed by atoms with Crippen molar-refractivity contribution in [2.75, 3.05) is 14.2 Å². The Balaban J connectivity index is 2.19. The third-order valence-electron chi connectivity index (χ3n) is 2.55. The Morgan fingerprint density at radius 1 is 1.21 bits per heavy atom. The fourth-order valence-corrected chi connectivity index (χ4v) is 1.55. The topological polar surface area (TPSA) is 61.8 Å². The minimum atomic E-state index is -0.632. The maximum atomic E-state index is 11.6. The van der Waals surface area contributed by atoms with Crippen LogP contribution in [-0.4, -0.2) is 26.0 Å². The van der Waals surface area contributed by atoms with Gasteiger partial charge in [-0.25, -0.2) is 4.79 Å². The first-order valence-corrected chi connectivity index (χ1v) is 5.52. The quantitative estimate of drug-likeness (QED) is 0.611. The van der Waals surface area contributed by atoms with E-state index >= 15 is 0 Å². The van der Waals surface area contributed by atoms with Crippen molar-refractivity contribution < 1.29 is 23.8 Å². The first-order chi connectivity index (χ1) is 9.13. The molecule has 98 valence electrons. The fourth-order valence-electron chi connectivity index (χ4n) is 1.55. The van der Waals surface area contributed by atoms with Crippen LogP contribution >= 0.6 is 0 Å². The van der Waals surface area contributed by atoms with Crippen LogP contribution in [0.2, 0.25) is 0 Å². The Morgan fingerprint density at radius 2 is 1.89 bits per heavy atom. The molecule has 1 aliphatic heterocycles. The molecule has 0 bridgehead atoms. The predicted molar refractivity (Wildman–Crippen MR) is 67.2 cm³/mol. The number of allylic oxidation sites excluding steroid dienone is 1. The molecule has 0 fully saturated rings. The van der Waals surface area contributed by atoms with E-state index in [4.69, 9.17) is 9.47 Å². The number of esters is 1. The summed E-state index contributed by atoms with van der Waals surface area (Å²) in [7, 11) is 2.80. The number of hydrogen-bond donors (Lipinski definition) is 0. The molecule has 0 radical (unpaired) electrons. The molecule has 0 unspecified atom stereocenters. The number of ether oxygens (including phenoxy) is 3. The SMILES string of the molecule is COC(=O)/C=C1\OC(c2ccc(OC)cc2)=CC1=O. The van der Waals surface area contributed by atoms with E-state index in [2.05, 4.69) is 4.74 Å². The van der Waals surface area contributed by atoms with Crippen LogP contribution in [0.5, 0.6) is 5.75 Å². The van der Waals surface area contributed by atoms with Crippen LogP contribution in [0.15, 0.2) is 42.2 Å². The molecule has 0 spiro atoms. The van der Waals surface area contributed by atoms with Gasteiger partial charge in [0, 0.05) is 11.6 Å². The first kappa shape index (κ1) is 12.9. The molecule has 1 aromatic rings. The highest BCUT2D eigenvalue weighted by atomic mass is 16.5. The zero-order valence-corrected chi connectivity index (χ0v) is 10.5. The number of hydrogen-bond acceptors (Lipinski definition) is 5. The van der Waals surface area contributed by atoms with Crippen LogP contribution < -0.4 is 4.74 Å². The van der Waals surface area contributed by atoms with Crippen LogP contribution in [0.1, 0.15) is 5.56 Å². The monoisotopic (exact) mass is 260 g/mol. The smallest absolute Gasteiger partial charge is 0.334 e. The van der Waals surface area contributed by atoms with E-state index < -0.39 is 5.97 Å². The van der Waals surface area contributed by atoms with Gasteiger partial charge in [0.25, 0.3) is 0 Å². The summed E-state index contributed by atoms with van der Waals surface area (Å²) < 4.78 is 14.8. The summed E-state index contributed by atoms with van der Waals surface area (Å²) in [4.78, 5) is 22.7. The highest BCUT2D eigenvalue weighted by Gasteiger charge is 2.23. The highest BCUT2D eigenvalue weighted by molar-refractivity contribution is 6.12. The maximum Gasteiger partial charge on any atom is 0.334 e. The van der Waals surface area contributed by atoms with Crippen LogP contribution in [-0.2, 0) is 19.1 Å². The van der Waals surface area contributed by atoms with Crippen molar-refractivity contribution >= 4 is 17.5 Å². The second kappa shape index (κ2) is 5.39. The third-order valence-corrected chi connectivity index (χ3v) is 2.55. The second-order valence-corrected chi connectivity index (χ2v) is 3.74. The van der Waals surface area contributed by atoms with Gasteiger partial charge in [0.1, 0.15) is 11.5 Å². The lowest BCUT2D eigenvalue weighted by atomic mass is 10.1. The summed E-state index contributed by atoms with van der Waals surface area (Å²) in [5.74, 6) is 0.0587. The van der Waals surface area contributed by atoms with Gasteiger partial charge in [-0.2, -0.15) is 0 Å². The van der Waals surface area contributed by atoms with Crippen molar-refractivity contribution in [1.82, 2.24) is 0 Å². The van der Waals surface area contributed by atoms with Gasteiger partial charge in [0.05, 0.1) is 20.3 Å². The molecule has 5 heteroatoms. The second-order valence-electron chi connectivity index (χ2n) is 3.74. The Labute approximate surface area is 110 Å². The molecule has 0 aromatic heterocycles. The van der Waals surface area contributed by atoms with Gasteiger partial charge in [-0.3, -0.25) is 4.79 Å². The Morgan fingerprint density at radius 3 is 2.47 bits per heavy atom. The number of rotatable bonds is 3. The average Bonchev–Trinajstić information content (AvgIpc) is 2.80. The molecule has 19 heavy (non-hydrogen) atoms. The molecular formula is C14H12O5. The van der Waals surface area contributed by atoms with Crippen LogP contribution in [0.4, 0.5) is 0 Å². The molecule has 2 rings (SSSR count). The lowest BCUT2D eigenvalue weighted by Gasteiger charge is -2.05. The lowest BCUT2D eigenvalue weighted by molar-refractivity contribution is -0.135. The number of carbonyl (C=O) groups excluding carboxylic acids is 2. The molecule has 0 amide bonds. The van der Waals surface area contributed by atoms with E-state index in [1.54, 1.807) is 31.4 Å². The summed E-state index contributed by atoms with van der Waals surface area (Å²) in [5.41, 5.74) is 0.724. The largest absolute Gasteiger partial charge is 0.497 e. The minimum absolute atomic E-state index is 0.0438. The Kier molecular flexibility index (Phi) is 3.66. The number of ketones is 1. The normalized spacial score (nSPS) is 16.0. The Hall–Kier alpha value is -2.56. The zero-order valence-electron chi connectivity index (χ0n) is 10.5. The number of carbonyl (C=O) groups is 2. The molecule has 0 atom stereocenters. The molecular weight excluding hydrogens is 248 g/mol. The number of benzene rings is 1. The molecule has 0 N–H and O–H groups in total. The van der Waals surface area contributed by atoms with Gasteiger partial charge in [0.15, 0.2) is 5.76 Å². The highest BCUT2D eigenvalue weighted by Crippen LogP contribution is 2.27. The zero-order chi connectivity index (χ0) is 13.8. The van der Waals surface area contributed by atoms with Gasteiger partial charge in [-0.1, -0.05) is 0 Å². The van der Waals surface area contributed by atoms with E-state index in [9.17, 15) is 9.59 Å². The Bertz CT molecular complexity index is 566. The van der Waals surface area contributed by atoms with Gasteiger partial charge >= 0.3 is 5.97 Å². The summed E-state index contributed by atoms with van der Waals surface area (Å²) in [6.45, 7) is 0. The van der Waals surface area contributed by atoms with E-state index in [1.807, 2.05) is 0 Å². The molecule has 1 aromatic carbocycles. The third kappa shape index (κ3) is 2.82. The van der Waals surface area contributed by atoms with Crippen LogP contribution in [0, 0.1) is 0 Å². The molecule has 1 aliphatic rings. The maximum absolute atomic E-state index is 11.6. The van der Waals surface area contributed by atoms with Gasteiger partial charge in [0.2, 0.25) is 5.78 Å². The summed E-state index contributed by atoms with van der Waals surface area (Å²) in [6.07, 6.45) is 2.35. The molecule has 1 heterocycles. The van der Waals surface area contributed by atoms with Crippen molar-refractivity contribution in [3.63, 3.8) is 0 Å². The van der Waals surface area contributed by atoms with Gasteiger partial charge < -0.3 is 14.2 Å². The van der Waals surface area contributed by atoms with Gasteiger partial charge in [-0.15, -0.1) is 0 Å². The van der Waals surface area contributed by atoms with Crippen molar-refractivity contribution in [1.29, 1.82) is 0 Å². The van der Waals surface area contributed by atoms with Gasteiger partial charge in [-0.05, 0) is 24.3 Å². The van der Waals surface area contributed by atoms with Crippen LogP contribution in [0.25, 0.3) is 5.76 Å². The standard InChI is InChI=1S/C14H12O5/c1-17-10-5-3-9(4-6-10)12-7-11(15)13(19-12)8-14(16)18-2/h3-8H,1-2H3/b13-8-. The predicted octanol–water partition coefficient (Wildman–Crippen LogP) is 1.69. The minimum Gasteiger partial charge on any atom is -0.497 e. The van der Waals surface area contributed by atoms with E-state index in [0.29, 0.717) is 11.5 Å².